The van der Waals surface area contributed by atoms with Crippen LogP contribution in [-0.4, -0.2) is 11.5 Å². The van der Waals surface area contributed by atoms with Gasteiger partial charge in [-0.05, 0) is 59.9 Å². The van der Waals surface area contributed by atoms with Crippen LogP contribution in [0, 0.1) is 5.82 Å². The Kier molecular flexibility index (Phi) is 4.72. The summed E-state index contributed by atoms with van der Waals surface area (Å²) >= 11 is 4.98. The second-order valence-electron chi connectivity index (χ2n) is 5.41. The number of hydrogen-bond acceptors (Lipinski definition) is 3. The van der Waals surface area contributed by atoms with Gasteiger partial charge in [0.2, 0.25) is 0 Å². The molecule has 0 atom stereocenters. The summed E-state index contributed by atoms with van der Waals surface area (Å²) in [7, 11) is 0. The number of halogens is 2. The van der Waals surface area contributed by atoms with Crippen LogP contribution in [0.15, 0.2) is 22.7 Å². The summed E-state index contributed by atoms with van der Waals surface area (Å²) in [4.78, 5) is 6.16. The maximum atomic E-state index is 13.4. The van der Waals surface area contributed by atoms with E-state index in [1.807, 2.05) is 6.07 Å². The molecular formula is C16H18BrFN2S. The van der Waals surface area contributed by atoms with Crippen molar-refractivity contribution in [3.63, 3.8) is 0 Å². The quantitative estimate of drug-likeness (QED) is 0.718. The Bertz CT molecular complexity index is 637. The SMILES string of the molecule is CCCNCc1sc(-c2ccc(F)c(Br)c2)nc1C1CC1. The van der Waals surface area contributed by atoms with E-state index >= 15 is 0 Å². The molecule has 0 radical (unpaired) electrons. The molecule has 1 N–H and O–H groups in total. The van der Waals surface area contributed by atoms with Gasteiger partial charge < -0.3 is 5.32 Å². The van der Waals surface area contributed by atoms with Crippen LogP contribution in [0.1, 0.15) is 42.7 Å². The third kappa shape index (κ3) is 3.52. The molecule has 0 saturated heterocycles. The predicted molar refractivity (Wildman–Crippen MR) is 89.2 cm³/mol. The largest absolute Gasteiger partial charge is 0.312 e. The molecule has 1 aromatic carbocycles. The van der Waals surface area contributed by atoms with Gasteiger partial charge in [0.05, 0.1) is 10.2 Å². The minimum Gasteiger partial charge on any atom is -0.312 e. The Morgan fingerprint density at radius 2 is 2.24 bits per heavy atom. The first-order valence-electron chi connectivity index (χ1n) is 7.34. The van der Waals surface area contributed by atoms with E-state index in [9.17, 15) is 4.39 Å². The van der Waals surface area contributed by atoms with E-state index in [0.29, 0.717) is 10.4 Å². The van der Waals surface area contributed by atoms with Crippen molar-refractivity contribution in [2.24, 2.45) is 0 Å². The molecule has 0 spiro atoms. The Morgan fingerprint density at radius 3 is 2.90 bits per heavy atom. The van der Waals surface area contributed by atoms with Crippen molar-refractivity contribution in [1.29, 1.82) is 0 Å². The molecule has 0 unspecified atom stereocenters. The average molecular weight is 369 g/mol. The number of nitrogens with zero attached hydrogens (tertiary/aromatic N) is 1. The van der Waals surface area contributed by atoms with Crippen LogP contribution in [0.3, 0.4) is 0 Å². The Hall–Kier alpha value is -0.780. The van der Waals surface area contributed by atoms with Crippen LogP contribution in [-0.2, 0) is 6.54 Å². The highest BCUT2D eigenvalue weighted by atomic mass is 79.9. The lowest BCUT2D eigenvalue weighted by molar-refractivity contribution is 0.621. The van der Waals surface area contributed by atoms with E-state index in [1.165, 1.54) is 29.5 Å². The lowest BCUT2D eigenvalue weighted by Gasteiger charge is -2.01. The smallest absolute Gasteiger partial charge is 0.137 e. The molecule has 1 fully saturated rings. The van der Waals surface area contributed by atoms with Crippen molar-refractivity contribution >= 4 is 27.3 Å². The van der Waals surface area contributed by atoms with Crippen molar-refractivity contribution in [1.82, 2.24) is 10.3 Å². The normalized spacial score (nSPS) is 14.6. The van der Waals surface area contributed by atoms with E-state index in [0.717, 1.165) is 30.1 Å². The van der Waals surface area contributed by atoms with Crippen LogP contribution >= 0.6 is 27.3 Å². The van der Waals surface area contributed by atoms with Gasteiger partial charge in [-0.2, -0.15) is 0 Å². The van der Waals surface area contributed by atoms with Crippen LogP contribution in [0.5, 0.6) is 0 Å². The summed E-state index contributed by atoms with van der Waals surface area (Å²) in [6, 6.07) is 5.11. The molecule has 3 rings (SSSR count). The molecule has 2 nitrogen and oxygen atoms in total. The molecule has 21 heavy (non-hydrogen) atoms. The Morgan fingerprint density at radius 1 is 1.43 bits per heavy atom. The average Bonchev–Trinajstić information content (AvgIpc) is 3.23. The first-order chi connectivity index (χ1) is 10.2. The maximum Gasteiger partial charge on any atom is 0.137 e. The van der Waals surface area contributed by atoms with Gasteiger partial charge in [0.1, 0.15) is 10.8 Å². The molecule has 1 aromatic heterocycles. The first-order valence-corrected chi connectivity index (χ1v) is 8.95. The molecule has 1 aliphatic carbocycles. The molecule has 1 saturated carbocycles. The highest BCUT2D eigenvalue weighted by Crippen LogP contribution is 2.44. The number of nitrogens with one attached hydrogen (secondary N) is 1. The number of rotatable bonds is 6. The third-order valence-corrected chi connectivity index (χ3v) is 5.30. The van der Waals surface area contributed by atoms with E-state index in [-0.39, 0.29) is 5.82 Å². The summed E-state index contributed by atoms with van der Waals surface area (Å²) in [6.07, 6.45) is 3.63. The van der Waals surface area contributed by atoms with Crippen LogP contribution < -0.4 is 5.32 Å². The van der Waals surface area contributed by atoms with Gasteiger partial charge in [-0.3, -0.25) is 0 Å². The van der Waals surface area contributed by atoms with Gasteiger partial charge >= 0.3 is 0 Å². The topological polar surface area (TPSA) is 24.9 Å². The zero-order chi connectivity index (χ0) is 14.8. The van der Waals surface area contributed by atoms with E-state index in [1.54, 1.807) is 17.4 Å². The van der Waals surface area contributed by atoms with Crippen molar-refractivity contribution < 1.29 is 4.39 Å². The fraction of sp³-hybridized carbons (Fsp3) is 0.438. The van der Waals surface area contributed by atoms with Gasteiger partial charge in [0.25, 0.3) is 0 Å². The summed E-state index contributed by atoms with van der Waals surface area (Å²) in [5.41, 5.74) is 2.23. The monoisotopic (exact) mass is 368 g/mol. The number of hydrogen-bond donors (Lipinski definition) is 1. The standard InChI is InChI=1S/C16H18BrFN2S/c1-2-7-19-9-14-15(10-3-4-10)20-16(21-14)11-5-6-13(18)12(17)8-11/h5-6,8,10,19H,2-4,7,9H2,1H3. The lowest BCUT2D eigenvalue weighted by Crippen LogP contribution is -2.13. The van der Waals surface area contributed by atoms with Crippen molar-refractivity contribution in [2.75, 3.05) is 6.54 Å². The molecule has 0 amide bonds. The van der Waals surface area contributed by atoms with Crippen molar-refractivity contribution in [2.45, 2.75) is 38.6 Å². The fourth-order valence-electron chi connectivity index (χ4n) is 2.30. The van der Waals surface area contributed by atoms with E-state index in [2.05, 4.69) is 28.2 Å². The maximum absolute atomic E-state index is 13.4. The number of aromatic nitrogens is 1. The van der Waals surface area contributed by atoms with Gasteiger partial charge in [0, 0.05) is 22.9 Å². The van der Waals surface area contributed by atoms with Crippen LogP contribution in [0.25, 0.3) is 10.6 Å². The number of benzene rings is 1. The second kappa shape index (κ2) is 6.55. The fourth-order valence-corrected chi connectivity index (χ4v) is 3.79. The third-order valence-electron chi connectivity index (χ3n) is 3.57. The minimum atomic E-state index is -0.234. The van der Waals surface area contributed by atoms with Crippen molar-refractivity contribution in [3.8, 4) is 10.6 Å². The zero-order valence-corrected chi connectivity index (χ0v) is 14.4. The second-order valence-corrected chi connectivity index (χ2v) is 7.35. The number of thiazole rings is 1. The molecule has 0 bridgehead atoms. The molecule has 0 aliphatic heterocycles. The van der Waals surface area contributed by atoms with Crippen molar-refractivity contribution in [3.05, 3.63) is 39.1 Å². The molecular weight excluding hydrogens is 351 g/mol. The predicted octanol–water partition coefficient (Wildman–Crippen LogP) is 5.09. The first kappa shape index (κ1) is 15.1. The molecule has 5 heteroatoms. The Balaban J connectivity index is 1.88. The highest BCUT2D eigenvalue weighted by Gasteiger charge is 2.29. The summed E-state index contributed by atoms with van der Waals surface area (Å²) in [5.74, 6) is 0.403. The van der Waals surface area contributed by atoms with E-state index < -0.39 is 0 Å². The lowest BCUT2D eigenvalue weighted by atomic mass is 10.2. The zero-order valence-electron chi connectivity index (χ0n) is 12.0. The van der Waals surface area contributed by atoms with Gasteiger partial charge in [0.15, 0.2) is 0 Å². The van der Waals surface area contributed by atoms with Crippen LogP contribution in [0.4, 0.5) is 4.39 Å². The molecule has 2 aromatic rings. The molecule has 1 heterocycles. The summed E-state index contributed by atoms with van der Waals surface area (Å²) in [6.45, 7) is 4.09. The molecule has 1 aliphatic rings. The van der Waals surface area contributed by atoms with Gasteiger partial charge in [-0.1, -0.05) is 6.92 Å². The van der Waals surface area contributed by atoms with Gasteiger partial charge in [-0.25, -0.2) is 9.37 Å². The Labute approximate surface area is 136 Å². The van der Waals surface area contributed by atoms with E-state index in [4.69, 9.17) is 4.98 Å². The molecule has 112 valence electrons. The van der Waals surface area contributed by atoms with Gasteiger partial charge in [-0.15, -0.1) is 11.3 Å². The summed E-state index contributed by atoms with van der Waals surface area (Å²) in [5, 5.41) is 4.45. The van der Waals surface area contributed by atoms with Crippen LogP contribution in [0.2, 0.25) is 0 Å². The minimum absolute atomic E-state index is 0.234. The summed E-state index contributed by atoms with van der Waals surface area (Å²) < 4.78 is 13.9. The highest BCUT2D eigenvalue weighted by molar-refractivity contribution is 9.10.